The van der Waals surface area contributed by atoms with Crippen LogP contribution in [0.4, 0.5) is 0 Å². The minimum atomic E-state index is 0.133. The van der Waals surface area contributed by atoms with Gasteiger partial charge in [0.2, 0.25) is 5.91 Å². The van der Waals surface area contributed by atoms with E-state index in [1.165, 1.54) is 0 Å². The average Bonchev–Trinajstić information content (AvgIpc) is 3.09. The molecule has 0 spiro atoms. The number of carbonyl (C=O) groups is 1. The lowest BCUT2D eigenvalue weighted by Gasteiger charge is -2.35. The minimum Gasteiger partial charge on any atom is -0.381 e. The minimum absolute atomic E-state index is 0.133. The molecule has 1 aromatic heterocycles. The lowest BCUT2D eigenvalue weighted by molar-refractivity contribution is -0.139. The Labute approximate surface area is 160 Å². The fourth-order valence-corrected chi connectivity index (χ4v) is 4.42. The van der Waals surface area contributed by atoms with E-state index in [1.54, 1.807) is 0 Å². The van der Waals surface area contributed by atoms with E-state index in [2.05, 4.69) is 31.6 Å². The van der Waals surface area contributed by atoms with Crippen molar-refractivity contribution >= 4 is 5.91 Å². The predicted octanol–water partition coefficient (Wildman–Crippen LogP) is 0.780. The zero-order chi connectivity index (χ0) is 18.6. The maximum atomic E-state index is 12.9. The Morgan fingerprint density at radius 1 is 1.04 bits per heavy atom. The van der Waals surface area contributed by atoms with Crippen LogP contribution in [0.15, 0.2) is 0 Å². The number of likely N-dealkylation sites (tertiary alicyclic amines) is 1. The highest BCUT2D eigenvalue weighted by molar-refractivity contribution is 5.79. The number of carbonyl (C=O) groups excluding carboxylic acids is 1. The fourth-order valence-electron chi connectivity index (χ4n) is 4.42. The van der Waals surface area contributed by atoms with Crippen LogP contribution in [0.1, 0.15) is 43.3 Å². The van der Waals surface area contributed by atoms with Crippen molar-refractivity contribution in [3.8, 4) is 0 Å². The van der Waals surface area contributed by atoms with E-state index in [9.17, 15) is 4.79 Å². The molecule has 0 aliphatic carbocycles. The van der Waals surface area contributed by atoms with E-state index < -0.39 is 0 Å². The lowest BCUT2D eigenvalue weighted by atomic mass is 9.93. The first kappa shape index (κ1) is 18.8. The SMILES string of the molecule is Cn1c(CN2CCOCC2)nnc1C1CCCN(C(=O)C2CCOCC2)C1. The molecule has 0 aromatic carbocycles. The predicted molar refractivity (Wildman–Crippen MR) is 99.2 cm³/mol. The van der Waals surface area contributed by atoms with Crippen molar-refractivity contribution in [3.05, 3.63) is 11.6 Å². The lowest BCUT2D eigenvalue weighted by Crippen LogP contribution is -2.44. The Morgan fingerprint density at radius 3 is 2.56 bits per heavy atom. The third-order valence-corrected chi connectivity index (χ3v) is 6.14. The molecule has 3 fully saturated rings. The van der Waals surface area contributed by atoms with Crippen LogP contribution in [0.3, 0.4) is 0 Å². The first-order valence-corrected chi connectivity index (χ1v) is 10.3. The largest absolute Gasteiger partial charge is 0.381 e. The van der Waals surface area contributed by atoms with Crippen LogP contribution in [0.5, 0.6) is 0 Å². The highest BCUT2D eigenvalue weighted by Gasteiger charge is 2.32. The molecule has 3 aliphatic heterocycles. The molecule has 3 aliphatic rings. The average molecular weight is 377 g/mol. The number of aromatic nitrogens is 3. The van der Waals surface area contributed by atoms with Crippen molar-refractivity contribution in [3.63, 3.8) is 0 Å². The Hall–Kier alpha value is -1.51. The maximum Gasteiger partial charge on any atom is 0.225 e. The van der Waals surface area contributed by atoms with Crippen LogP contribution in [-0.2, 0) is 27.9 Å². The van der Waals surface area contributed by atoms with Crippen molar-refractivity contribution < 1.29 is 14.3 Å². The molecule has 0 N–H and O–H groups in total. The molecule has 1 amide bonds. The van der Waals surface area contributed by atoms with Crippen molar-refractivity contribution in [1.29, 1.82) is 0 Å². The van der Waals surface area contributed by atoms with Crippen molar-refractivity contribution in [1.82, 2.24) is 24.6 Å². The fraction of sp³-hybridized carbons (Fsp3) is 0.842. The Balaban J connectivity index is 1.39. The molecular weight excluding hydrogens is 346 g/mol. The summed E-state index contributed by atoms with van der Waals surface area (Å²) in [5.74, 6) is 2.73. The number of ether oxygens (including phenoxy) is 2. The summed E-state index contributed by atoms with van der Waals surface area (Å²) < 4.78 is 13.0. The van der Waals surface area contributed by atoms with Gasteiger partial charge in [0, 0.05) is 58.3 Å². The standard InChI is InChI=1S/C19H31N5O3/c1-22-17(14-23-7-11-27-12-8-23)20-21-18(22)16-3-2-6-24(13-16)19(25)15-4-9-26-10-5-15/h15-16H,2-14H2,1H3. The van der Waals surface area contributed by atoms with Crippen LogP contribution in [-0.4, -0.2) is 83.1 Å². The second-order valence-electron chi connectivity index (χ2n) is 7.93. The molecule has 0 saturated carbocycles. The summed E-state index contributed by atoms with van der Waals surface area (Å²) >= 11 is 0. The third kappa shape index (κ3) is 4.33. The quantitative estimate of drug-likeness (QED) is 0.772. The van der Waals surface area contributed by atoms with E-state index >= 15 is 0 Å². The number of hydrogen-bond acceptors (Lipinski definition) is 6. The normalized spacial score (nSPS) is 25.7. The third-order valence-electron chi connectivity index (χ3n) is 6.14. The number of amides is 1. The summed E-state index contributed by atoms with van der Waals surface area (Å²) in [6, 6.07) is 0. The summed E-state index contributed by atoms with van der Waals surface area (Å²) in [5, 5.41) is 8.96. The van der Waals surface area contributed by atoms with E-state index in [0.717, 1.165) is 83.3 Å². The summed E-state index contributed by atoms with van der Waals surface area (Å²) in [5.41, 5.74) is 0. The first-order chi connectivity index (χ1) is 13.2. The van der Waals surface area contributed by atoms with Crippen molar-refractivity contribution in [2.24, 2.45) is 13.0 Å². The molecule has 150 valence electrons. The van der Waals surface area contributed by atoms with Gasteiger partial charge in [0.25, 0.3) is 0 Å². The highest BCUT2D eigenvalue weighted by atomic mass is 16.5. The molecule has 1 unspecified atom stereocenters. The molecule has 4 heterocycles. The smallest absolute Gasteiger partial charge is 0.225 e. The van der Waals surface area contributed by atoms with Gasteiger partial charge in [-0.2, -0.15) is 0 Å². The number of morpholine rings is 1. The van der Waals surface area contributed by atoms with Gasteiger partial charge in [0.1, 0.15) is 11.6 Å². The molecule has 4 rings (SSSR count). The summed E-state index contributed by atoms with van der Waals surface area (Å²) in [4.78, 5) is 17.3. The Bertz CT molecular complexity index is 637. The van der Waals surface area contributed by atoms with Crippen LogP contribution in [0.25, 0.3) is 0 Å². The van der Waals surface area contributed by atoms with Gasteiger partial charge in [0.15, 0.2) is 0 Å². The van der Waals surface area contributed by atoms with Crippen LogP contribution >= 0.6 is 0 Å². The van der Waals surface area contributed by atoms with Gasteiger partial charge >= 0.3 is 0 Å². The number of nitrogens with zero attached hydrogens (tertiary/aromatic N) is 5. The van der Waals surface area contributed by atoms with Gasteiger partial charge in [-0.3, -0.25) is 9.69 Å². The first-order valence-electron chi connectivity index (χ1n) is 10.3. The van der Waals surface area contributed by atoms with E-state index in [0.29, 0.717) is 19.1 Å². The van der Waals surface area contributed by atoms with Gasteiger partial charge in [-0.25, -0.2) is 0 Å². The Morgan fingerprint density at radius 2 is 1.78 bits per heavy atom. The zero-order valence-corrected chi connectivity index (χ0v) is 16.3. The molecular formula is C19H31N5O3. The molecule has 27 heavy (non-hydrogen) atoms. The number of hydrogen-bond donors (Lipinski definition) is 0. The summed E-state index contributed by atoms with van der Waals surface area (Å²) in [6.07, 6.45) is 3.81. The van der Waals surface area contributed by atoms with Gasteiger partial charge in [-0.1, -0.05) is 0 Å². The zero-order valence-electron chi connectivity index (χ0n) is 16.3. The van der Waals surface area contributed by atoms with Gasteiger partial charge < -0.3 is 18.9 Å². The molecule has 3 saturated heterocycles. The van der Waals surface area contributed by atoms with E-state index in [4.69, 9.17) is 9.47 Å². The Kier molecular flexibility index (Phi) is 6.04. The second-order valence-corrected chi connectivity index (χ2v) is 7.93. The van der Waals surface area contributed by atoms with Crippen LogP contribution in [0, 0.1) is 5.92 Å². The molecule has 0 radical (unpaired) electrons. The van der Waals surface area contributed by atoms with E-state index in [-0.39, 0.29) is 11.8 Å². The molecule has 8 heteroatoms. The van der Waals surface area contributed by atoms with Crippen LogP contribution in [0.2, 0.25) is 0 Å². The topological polar surface area (TPSA) is 72.7 Å². The van der Waals surface area contributed by atoms with Gasteiger partial charge in [-0.15, -0.1) is 10.2 Å². The molecule has 0 bridgehead atoms. The highest BCUT2D eigenvalue weighted by Crippen LogP contribution is 2.28. The number of piperidine rings is 1. The van der Waals surface area contributed by atoms with E-state index in [1.807, 2.05) is 0 Å². The molecule has 1 aromatic rings. The van der Waals surface area contributed by atoms with Crippen molar-refractivity contribution in [2.75, 3.05) is 52.6 Å². The summed E-state index contributed by atoms with van der Waals surface area (Å²) in [6.45, 7) is 7.32. The molecule has 1 atom stereocenters. The molecule has 8 nitrogen and oxygen atoms in total. The maximum absolute atomic E-state index is 12.9. The monoisotopic (exact) mass is 377 g/mol. The number of rotatable bonds is 4. The van der Waals surface area contributed by atoms with Gasteiger partial charge in [0.05, 0.1) is 19.8 Å². The van der Waals surface area contributed by atoms with Crippen molar-refractivity contribution in [2.45, 2.75) is 38.1 Å². The summed E-state index contributed by atoms with van der Waals surface area (Å²) in [7, 11) is 2.06. The van der Waals surface area contributed by atoms with Gasteiger partial charge in [-0.05, 0) is 25.7 Å². The van der Waals surface area contributed by atoms with Crippen LogP contribution < -0.4 is 0 Å². The second kappa shape index (κ2) is 8.67.